The SMILES string of the molecule is Cc1cncn1C[C@H]1CCCN([C@H](C)c2ccccc2)C1. The third-order valence-electron chi connectivity index (χ3n) is 4.76. The van der Waals surface area contributed by atoms with Gasteiger partial charge in [-0.05, 0) is 44.7 Å². The highest BCUT2D eigenvalue weighted by molar-refractivity contribution is 5.18. The summed E-state index contributed by atoms with van der Waals surface area (Å²) in [6, 6.07) is 11.4. The summed E-state index contributed by atoms with van der Waals surface area (Å²) < 4.78 is 2.29. The lowest BCUT2D eigenvalue weighted by Gasteiger charge is -2.37. The van der Waals surface area contributed by atoms with Gasteiger partial charge in [-0.15, -0.1) is 0 Å². The summed E-state index contributed by atoms with van der Waals surface area (Å²) in [4.78, 5) is 6.87. The van der Waals surface area contributed by atoms with Gasteiger partial charge in [0, 0.05) is 31.0 Å². The molecular formula is C18H25N3. The molecule has 0 spiro atoms. The smallest absolute Gasteiger partial charge is 0.0948 e. The summed E-state index contributed by atoms with van der Waals surface area (Å²) in [5.74, 6) is 0.734. The molecule has 112 valence electrons. The molecule has 2 atom stereocenters. The first-order chi connectivity index (χ1) is 10.2. The second kappa shape index (κ2) is 6.44. The van der Waals surface area contributed by atoms with Gasteiger partial charge in [0.15, 0.2) is 0 Å². The van der Waals surface area contributed by atoms with Gasteiger partial charge in [-0.1, -0.05) is 30.3 Å². The Labute approximate surface area is 127 Å². The number of imidazole rings is 1. The maximum atomic E-state index is 4.24. The van der Waals surface area contributed by atoms with E-state index in [4.69, 9.17) is 0 Å². The standard InChI is InChI=1S/C18H25N3/c1-15-11-19-14-21(15)13-17-7-6-10-20(12-17)16(2)18-8-4-3-5-9-18/h3-5,8-9,11,14,16-17H,6-7,10,12-13H2,1-2H3/t16-,17+/m1/s1. The summed E-state index contributed by atoms with van der Waals surface area (Å²) in [7, 11) is 0. The van der Waals surface area contributed by atoms with Crippen molar-refractivity contribution in [3.8, 4) is 0 Å². The Kier molecular flexibility index (Phi) is 4.39. The third kappa shape index (κ3) is 3.35. The van der Waals surface area contributed by atoms with Gasteiger partial charge in [0.2, 0.25) is 0 Å². The molecule has 0 radical (unpaired) electrons. The van der Waals surface area contributed by atoms with E-state index in [2.05, 4.69) is 58.6 Å². The van der Waals surface area contributed by atoms with E-state index in [1.807, 2.05) is 12.5 Å². The number of hydrogen-bond donors (Lipinski definition) is 0. The van der Waals surface area contributed by atoms with Crippen LogP contribution in [0.3, 0.4) is 0 Å². The number of nitrogens with zero attached hydrogens (tertiary/aromatic N) is 3. The van der Waals surface area contributed by atoms with Gasteiger partial charge >= 0.3 is 0 Å². The van der Waals surface area contributed by atoms with Gasteiger partial charge in [-0.2, -0.15) is 0 Å². The molecule has 0 N–H and O–H groups in total. The van der Waals surface area contributed by atoms with Crippen molar-refractivity contribution in [3.63, 3.8) is 0 Å². The topological polar surface area (TPSA) is 21.1 Å². The van der Waals surface area contributed by atoms with Crippen LogP contribution in [0.25, 0.3) is 0 Å². The second-order valence-corrected chi connectivity index (χ2v) is 6.28. The van der Waals surface area contributed by atoms with Crippen molar-refractivity contribution >= 4 is 0 Å². The largest absolute Gasteiger partial charge is 0.335 e. The van der Waals surface area contributed by atoms with Crippen LogP contribution in [0.2, 0.25) is 0 Å². The molecule has 0 unspecified atom stereocenters. The van der Waals surface area contributed by atoms with E-state index in [0.29, 0.717) is 6.04 Å². The van der Waals surface area contributed by atoms with Crippen molar-refractivity contribution < 1.29 is 0 Å². The first-order valence-corrected chi connectivity index (χ1v) is 8.00. The number of likely N-dealkylation sites (tertiary alicyclic amines) is 1. The van der Waals surface area contributed by atoms with E-state index in [0.717, 1.165) is 12.5 Å². The summed E-state index contributed by atoms with van der Waals surface area (Å²) >= 11 is 0. The maximum Gasteiger partial charge on any atom is 0.0948 e. The fourth-order valence-electron chi connectivity index (χ4n) is 3.40. The summed E-state index contributed by atoms with van der Waals surface area (Å²) in [5.41, 5.74) is 2.69. The molecule has 1 aromatic carbocycles. The zero-order valence-corrected chi connectivity index (χ0v) is 13.1. The predicted octanol–water partition coefficient (Wildman–Crippen LogP) is 3.66. The highest BCUT2D eigenvalue weighted by atomic mass is 15.2. The van der Waals surface area contributed by atoms with E-state index < -0.39 is 0 Å². The molecule has 1 aromatic heterocycles. The Morgan fingerprint density at radius 3 is 2.81 bits per heavy atom. The van der Waals surface area contributed by atoms with Crippen LogP contribution in [0.4, 0.5) is 0 Å². The van der Waals surface area contributed by atoms with Gasteiger partial charge < -0.3 is 4.57 Å². The molecule has 2 heterocycles. The lowest BCUT2D eigenvalue weighted by atomic mass is 9.95. The fraction of sp³-hybridized carbons (Fsp3) is 0.500. The van der Waals surface area contributed by atoms with Gasteiger partial charge in [0.1, 0.15) is 0 Å². The average Bonchev–Trinajstić information content (AvgIpc) is 2.93. The van der Waals surface area contributed by atoms with E-state index in [-0.39, 0.29) is 0 Å². The normalized spacial score (nSPS) is 21.3. The van der Waals surface area contributed by atoms with Crippen molar-refractivity contribution in [2.45, 2.75) is 39.3 Å². The van der Waals surface area contributed by atoms with Crippen molar-refractivity contribution in [2.75, 3.05) is 13.1 Å². The van der Waals surface area contributed by atoms with Gasteiger partial charge in [0.05, 0.1) is 6.33 Å². The lowest BCUT2D eigenvalue weighted by Crippen LogP contribution is -2.38. The number of aryl methyl sites for hydroxylation is 1. The Bertz CT molecular complexity index is 561. The predicted molar refractivity (Wildman–Crippen MR) is 86.1 cm³/mol. The number of piperidine rings is 1. The van der Waals surface area contributed by atoms with Crippen LogP contribution in [0, 0.1) is 12.8 Å². The molecule has 1 fully saturated rings. The minimum Gasteiger partial charge on any atom is -0.335 e. The molecule has 3 rings (SSSR count). The molecule has 3 nitrogen and oxygen atoms in total. The van der Waals surface area contributed by atoms with Gasteiger partial charge in [-0.25, -0.2) is 4.98 Å². The molecule has 0 bridgehead atoms. The zero-order chi connectivity index (χ0) is 14.7. The van der Waals surface area contributed by atoms with E-state index in [1.165, 1.54) is 37.2 Å². The van der Waals surface area contributed by atoms with Crippen molar-refractivity contribution in [2.24, 2.45) is 5.92 Å². The first-order valence-electron chi connectivity index (χ1n) is 8.00. The molecule has 0 aliphatic carbocycles. The van der Waals surface area contributed by atoms with E-state index in [9.17, 15) is 0 Å². The highest BCUT2D eigenvalue weighted by Crippen LogP contribution is 2.27. The Balaban J connectivity index is 1.64. The summed E-state index contributed by atoms with van der Waals surface area (Å²) in [5, 5.41) is 0. The molecule has 1 saturated heterocycles. The van der Waals surface area contributed by atoms with Crippen LogP contribution in [0.5, 0.6) is 0 Å². The molecule has 3 heteroatoms. The molecule has 0 saturated carbocycles. The van der Waals surface area contributed by atoms with Crippen molar-refractivity contribution in [1.82, 2.24) is 14.5 Å². The van der Waals surface area contributed by atoms with Crippen LogP contribution in [0.15, 0.2) is 42.9 Å². The number of hydrogen-bond acceptors (Lipinski definition) is 2. The van der Waals surface area contributed by atoms with Crippen LogP contribution in [-0.2, 0) is 6.54 Å². The van der Waals surface area contributed by atoms with E-state index >= 15 is 0 Å². The number of aromatic nitrogens is 2. The van der Waals surface area contributed by atoms with Crippen LogP contribution in [0.1, 0.15) is 37.1 Å². The highest BCUT2D eigenvalue weighted by Gasteiger charge is 2.24. The van der Waals surface area contributed by atoms with E-state index in [1.54, 1.807) is 0 Å². The van der Waals surface area contributed by atoms with Crippen LogP contribution in [-0.4, -0.2) is 27.5 Å². The Morgan fingerprint density at radius 2 is 2.10 bits per heavy atom. The number of benzene rings is 1. The quantitative estimate of drug-likeness (QED) is 0.853. The monoisotopic (exact) mass is 283 g/mol. The van der Waals surface area contributed by atoms with Gasteiger partial charge in [0.25, 0.3) is 0 Å². The summed E-state index contributed by atoms with van der Waals surface area (Å²) in [6.07, 6.45) is 6.55. The molecular weight excluding hydrogens is 258 g/mol. The molecule has 21 heavy (non-hydrogen) atoms. The third-order valence-corrected chi connectivity index (χ3v) is 4.76. The Morgan fingerprint density at radius 1 is 1.29 bits per heavy atom. The molecule has 0 amide bonds. The van der Waals surface area contributed by atoms with Crippen LogP contribution >= 0.6 is 0 Å². The fourth-order valence-corrected chi connectivity index (χ4v) is 3.40. The lowest BCUT2D eigenvalue weighted by molar-refractivity contribution is 0.122. The maximum absolute atomic E-state index is 4.24. The van der Waals surface area contributed by atoms with Gasteiger partial charge in [-0.3, -0.25) is 4.90 Å². The molecule has 1 aliphatic rings. The minimum atomic E-state index is 0.512. The van der Waals surface area contributed by atoms with Crippen molar-refractivity contribution in [1.29, 1.82) is 0 Å². The summed E-state index contributed by atoms with van der Waals surface area (Å²) in [6.45, 7) is 7.98. The first kappa shape index (κ1) is 14.3. The number of rotatable bonds is 4. The van der Waals surface area contributed by atoms with Crippen molar-refractivity contribution in [3.05, 3.63) is 54.1 Å². The molecule has 1 aliphatic heterocycles. The minimum absolute atomic E-state index is 0.512. The Hall–Kier alpha value is -1.61. The second-order valence-electron chi connectivity index (χ2n) is 6.28. The van der Waals surface area contributed by atoms with Crippen LogP contribution < -0.4 is 0 Å². The molecule has 2 aromatic rings. The average molecular weight is 283 g/mol. The zero-order valence-electron chi connectivity index (χ0n) is 13.1.